The number of hydrogen-bond donors (Lipinski definition) is 1. The minimum absolute atomic E-state index is 0.139. The quantitative estimate of drug-likeness (QED) is 0.924. The highest BCUT2D eigenvalue weighted by Crippen LogP contribution is 2.33. The second-order valence-electron chi connectivity index (χ2n) is 6.19. The minimum atomic E-state index is -0.555. The van der Waals surface area contributed by atoms with Crippen LogP contribution in [0.3, 0.4) is 0 Å². The molecule has 0 spiro atoms. The van der Waals surface area contributed by atoms with Gasteiger partial charge in [-0.1, -0.05) is 12.1 Å². The zero-order chi connectivity index (χ0) is 18.1. The molecule has 25 heavy (non-hydrogen) atoms. The Labute approximate surface area is 146 Å². The smallest absolute Gasteiger partial charge is 0.267 e. The highest BCUT2D eigenvalue weighted by atomic mass is 16.5. The molecule has 0 fully saturated rings. The van der Waals surface area contributed by atoms with Crippen LogP contribution in [0, 0.1) is 13.8 Å². The number of nitrogens with zero attached hydrogens (tertiary/aromatic N) is 3. The third-order valence-corrected chi connectivity index (χ3v) is 4.41. The number of aryl methyl sites for hydroxylation is 2. The summed E-state index contributed by atoms with van der Waals surface area (Å²) in [7, 11) is 1.84. The van der Waals surface area contributed by atoms with Crippen molar-refractivity contribution in [3.05, 3.63) is 35.7 Å². The molecular formula is C18H22N4O3. The first-order valence-corrected chi connectivity index (χ1v) is 8.25. The van der Waals surface area contributed by atoms with E-state index in [2.05, 4.69) is 10.4 Å². The fourth-order valence-corrected chi connectivity index (χ4v) is 2.96. The van der Waals surface area contributed by atoms with Crippen LogP contribution in [0.25, 0.3) is 0 Å². The van der Waals surface area contributed by atoms with Crippen LogP contribution in [0.4, 0.5) is 11.4 Å². The number of nitrogens with one attached hydrogen (secondary N) is 1. The van der Waals surface area contributed by atoms with Crippen molar-refractivity contribution in [3.8, 4) is 5.75 Å². The molecule has 132 valence electrons. The van der Waals surface area contributed by atoms with Crippen LogP contribution < -0.4 is 15.0 Å². The fraction of sp³-hybridized carbons (Fsp3) is 0.389. The topological polar surface area (TPSA) is 76.5 Å². The maximum absolute atomic E-state index is 12.4. The van der Waals surface area contributed by atoms with Crippen molar-refractivity contribution in [2.24, 2.45) is 7.05 Å². The summed E-state index contributed by atoms with van der Waals surface area (Å²) in [6.07, 6.45) is -0.360. The first-order valence-electron chi connectivity index (χ1n) is 8.25. The number of carbonyl (C=O) groups excluding carboxylic acids is 2. The lowest BCUT2D eigenvalue weighted by molar-refractivity contribution is -0.125. The van der Waals surface area contributed by atoms with E-state index in [9.17, 15) is 9.59 Å². The van der Waals surface area contributed by atoms with Crippen molar-refractivity contribution in [2.45, 2.75) is 33.3 Å². The monoisotopic (exact) mass is 342 g/mol. The Balaban J connectivity index is 1.70. The number of anilines is 2. The molecule has 1 aromatic heterocycles. The second-order valence-corrected chi connectivity index (χ2v) is 6.19. The summed E-state index contributed by atoms with van der Waals surface area (Å²) in [6.45, 7) is 5.77. The first kappa shape index (κ1) is 17.0. The standard InChI is InChI=1S/C18H22N4O3/c1-11-17(12(2)21(4)20-11)19-16(23)9-10-22-14-7-5-6-8-15(14)25-13(3)18(22)24/h5-8,13H,9-10H2,1-4H3,(H,19,23). The fourth-order valence-electron chi connectivity index (χ4n) is 2.96. The van der Waals surface area contributed by atoms with Crippen LogP contribution in [0.2, 0.25) is 0 Å². The maximum atomic E-state index is 12.4. The molecule has 7 heteroatoms. The predicted octanol–water partition coefficient (Wildman–Crippen LogP) is 2.18. The molecule has 2 amide bonds. The minimum Gasteiger partial charge on any atom is -0.479 e. The van der Waals surface area contributed by atoms with Gasteiger partial charge in [0.05, 0.1) is 22.8 Å². The number of amides is 2. The van der Waals surface area contributed by atoms with Crippen molar-refractivity contribution in [3.63, 3.8) is 0 Å². The van der Waals surface area contributed by atoms with Gasteiger partial charge in [0, 0.05) is 20.0 Å². The average molecular weight is 342 g/mol. The zero-order valence-electron chi connectivity index (χ0n) is 14.9. The van der Waals surface area contributed by atoms with Gasteiger partial charge < -0.3 is 15.0 Å². The van der Waals surface area contributed by atoms with E-state index in [4.69, 9.17) is 4.74 Å². The summed E-state index contributed by atoms with van der Waals surface area (Å²) >= 11 is 0. The summed E-state index contributed by atoms with van der Waals surface area (Å²) in [5.74, 6) is 0.373. The summed E-state index contributed by atoms with van der Waals surface area (Å²) in [5, 5.41) is 7.18. The van der Waals surface area contributed by atoms with E-state index >= 15 is 0 Å². The van der Waals surface area contributed by atoms with Crippen LogP contribution in [0.15, 0.2) is 24.3 Å². The van der Waals surface area contributed by atoms with Crippen LogP contribution in [-0.4, -0.2) is 34.2 Å². The van der Waals surface area contributed by atoms with E-state index in [0.717, 1.165) is 17.1 Å². The van der Waals surface area contributed by atoms with Crippen molar-refractivity contribution in [1.82, 2.24) is 9.78 Å². The molecule has 7 nitrogen and oxygen atoms in total. The van der Waals surface area contributed by atoms with Gasteiger partial charge in [-0.3, -0.25) is 14.3 Å². The Bertz CT molecular complexity index is 828. The highest BCUT2D eigenvalue weighted by molar-refractivity contribution is 6.01. The van der Waals surface area contributed by atoms with E-state index in [-0.39, 0.29) is 18.2 Å². The van der Waals surface area contributed by atoms with E-state index < -0.39 is 6.10 Å². The van der Waals surface area contributed by atoms with Gasteiger partial charge in [-0.25, -0.2) is 0 Å². The van der Waals surface area contributed by atoms with Crippen molar-refractivity contribution < 1.29 is 14.3 Å². The van der Waals surface area contributed by atoms with Gasteiger partial charge in [-0.2, -0.15) is 5.10 Å². The van der Waals surface area contributed by atoms with Gasteiger partial charge in [0.15, 0.2) is 6.10 Å². The number of fused-ring (bicyclic) bond motifs is 1. The van der Waals surface area contributed by atoms with E-state index in [0.29, 0.717) is 18.0 Å². The molecule has 0 bridgehead atoms. The Morgan fingerprint density at radius 3 is 2.72 bits per heavy atom. The molecule has 2 aromatic rings. The molecule has 0 aliphatic carbocycles. The Kier molecular flexibility index (Phi) is 4.48. The Morgan fingerprint density at radius 1 is 1.32 bits per heavy atom. The van der Waals surface area contributed by atoms with Crippen LogP contribution >= 0.6 is 0 Å². The normalized spacial score (nSPS) is 16.4. The molecule has 1 N–H and O–H groups in total. The summed E-state index contributed by atoms with van der Waals surface area (Å²) < 4.78 is 7.34. The molecule has 2 heterocycles. The average Bonchev–Trinajstić information content (AvgIpc) is 2.81. The molecule has 3 rings (SSSR count). The van der Waals surface area contributed by atoms with Gasteiger partial charge in [0.25, 0.3) is 5.91 Å². The Morgan fingerprint density at radius 2 is 2.04 bits per heavy atom. The van der Waals surface area contributed by atoms with Crippen LogP contribution in [0.1, 0.15) is 24.7 Å². The second kappa shape index (κ2) is 6.58. The van der Waals surface area contributed by atoms with Crippen molar-refractivity contribution in [1.29, 1.82) is 0 Å². The van der Waals surface area contributed by atoms with Gasteiger partial charge in [-0.15, -0.1) is 0 Å². The SMILES string of the molecule is Cc1nn(C)c(C)c1NC(=O)CCN1C(=O)C(C)Oc2ccccc21. The molecule has 0 saturated carbocycles. The largest absolute Gasteiger partial charge is 0.479 e. The van der Waals surface area contributed by atoms with E-state index in [1.165, 1.54) is 0 Å². The highest BCUT2D eigenvalue weighted by Gasteiger charge is 2.31. The molecule has 1 aliphatic rings. The number of ether oxygens (including phenoxy) is 1. The summed E-state index contributed by atoms with van der Waals surface area (Å²) in [6, 6.07) is 7.36. The van der Waals surface area contributed by atoms with Crippen LogP contribution in [0.5, 0.6) is 5.75 Å². The van der Waals surface area contributed by atoms with Gasteiger partial charge >= 0.3 is 0 Å². The molecule has 0 radical (unpaired) electrons. The summed E-state index contributed by atoms with van der Waals surface area (Å²) in [5.41, 5.74) is 3.10. The number of rotatable bonds is 4. The molecule has 1 aromatic carbocycles. The maximum Gasteiger partial charge on any atom is 0.267 e. The Hall–Kier alpha value is -2.83. The van der Waals surface area contributed by atoms with Crippen molar-refractivity contribution >= 4 is 23.2 Å². The van der Waals surface area contributed by atoms with E-state index in [1.54, 1.807) is 16.5 Å². The van der Waals surface area contributed by atoms with Gasteiger partial charge in [0.1, 0.15) is 5.75 Å². The zero-order valence-corrected chi connectivity index (χ0v) is 14.9. The summed E-state index contributed by atoms with van der Waals surface area (Å²) in [4.78, 5) is 26.4. The number of aromatic nitrogens is 2. The molecule has 1 unspecified atom stereocenters. The van der Waals surface area contributed by atoms with Crippen molar-refractivity contribution in [2.75, 3.05) is 16.8 Å². The predicted molar refractivity (Wildman–Crippen MR) is 94.8 cm³/mol. The molecular weight excluding hydrogens is 320 g/mol. The van der Waals surface area contributed by atoms with Gasteiger partial charge in [-0.05, 0) is 32.9 Å². The molecule has 0 saturated heterocycles. The third kappa shape index (κ3) is 3.22. The lowest BCUT2D eigenvalue weighted by Gasteiger charge is -2.32. The molecule has 1 atom stereocenters. The number of carbonyl (C=O) groups is 2. The molecule has 1 aliphatic heterocycles. The lowest BCUT2D eigenvalue weighted by Crippen LogP contribution is -2.45. The lowest BCUT2D eigenvalue weighted by atomic mass is 10.1. The number of para-hydroxylation sites is 2. The van der Waals surface area contributed by atoms with E-state index in [1.807, 2.05) is 45.2 Å². The first-order chi connectivity index (χ1) is 11.9. The third-order valence-electron chi connectivity index (χ3n) is 4.41. The van der Waals surface area contributed by atoms with Gasteiger partial charge in [0.2, 0.25) is 5.91 Å². The number of benzene rings is 1. The van der Waals surface area contributed by atoms with Crippen LogP contribution in [-0.2, 0) is 16.6 Å². The number of hydrogen-bond acceptors (Lipinski definition) is 4.